The number of rotatable bonds is 5. The van der Waals surface area contributed by atoms with E-state index in [9.17, 15) is 4.79 Å². The molecule has 21 heavy (non-hydrogen) atoms. The zero-order valence-electron chi connectivity index (χ0n) is 12.9. The van der Waals surface area contributed by atoms with Crippen LogP contribution in [-0.2, 0) is 4.79 Å². The van der Waals surface area contributed by atoms with Gasteiger partial charge in [-0.1, -0.05) is 0 Å². The van der Waals surface area contributed by atoms with Crippen molar-refractivity contribution >= 4 is 29.4 Å². The van der Waals surface area contributed by atoms with Crippen LogP contribution in [0.25, 0.3) is 0 Å². The van der Waals surface area contributed by atoms with Crippen LogP contribution in [0.4, 0.5) is 0 Å². The molecule has 1 N–H and O–H groups in total. The van der Waals surface area contributed by atoms with Crippen molar-refractivity contribution in [2.75, 3.05) is 36.1 Å². The molecule has 2 saturated heterocycles. The van der Waals surface area contributed by atoms with Crippen molar-refractivity contribution in [3.05, 3.63) is 0 Å². The molecule has 0 bridgehead atoms. The maximum atomic E-state index is 11.8. The van der Waals surface area contributed by atoms with Crippen LogP contribution in [0.5, 0.6) is 0 Å². The summed E-state index contributed by atoms with van der Waals surface area (Å²) in [6.07, 6.45) is 6.85. The van der Waals surface area contributed by atoms with E-state index in [1.807, 2.05) is 0 Å². The first-order valence-electron chi connectivity index (χ1n) is 8.50. The van der Waals surface area contributed by atoms with Gasteiger partial charge in [-0.2, -0.15) is 23.5 Å². The van der Waals surface area contributed by atoms with Crippen molar-refractivity contribution in [1.29, 1.82) is 0 Å². The van der Waals surface area contributed by atoms with E-state index in [1.165, 1.54) is 61.8 Å². The fraction of sp³-hybridized carbons (Fsp3) is 0.938. The molecule has 120 valence electrons. The molecule has 1 amide bonds. The molecule has 3 rings (SSSR count). The average Bonchev–Trinajstić information content (AvgIpc) is 3.32. The summed E-state index contributed by atoms with van der Waals surface area (Å²) in [6, 6.07) is 1.28. The molecular weight excluding hydrogens is 300 g/mol. The van der Waals surface area contributed by atoms with Crippen molar-refractivity contribution in [3.63, 3.8) is 0 Å². The van der Waals surface area contributed by atoms with Crippen LogP contribution >= 0.6 is 23.5 Å². The summed E-state index contributed by atoms with van der Waals surface area (Å²) < 4.78 is 0. The molecule has 3 nitrogen and oxygen atoms in total. The van der Waals surface area contributed by atoms with Crippen molar-refractivity contribution < 1.29 is 4.79 Å². The first kappa shape index (κ1) is 16.0. The van der Waals surface area contributed by atoms with Crippen molar-refractivity contribution in [2.45, 2.75) is 50.6 Å². The zero-order valence-corrected chi connectivity index (χ0v) is 14.5. The minimum absolute atomic E-state index is 0.287. The Morgan fingerprint density at radius 1 is 1.14 bits per heavy atom. The van der Waals surface area contributed by atoms with Gasteiger partial charge in [0.2, 0.25) is 5.91 Å². The normalized spacial score (nSPS) is 29.0. The number of nitrogens with zero attached hydrogens (tertiary/aromatic N) is 1. The highest BCUT2D eigenvalue weighted by Gasteiger charge is 2.28. The summed E-state index contributed by atoms with van der Waals surface area (Å²) in [4.78, 5) is 14.6. The number of hydrogen-bond acceptors (Lipinski definition) is 4. The molecule has 0 aromatic carbocycles. The molecule has 3 aliphatic rings. The standard InChI is InChI=1S/C16H28N2OS2/c19-16(17-14-4-5-14)6-3-13-2-1-7-18(10-13)15-11-20-8-9-21-12-15/h13-15H,1-12H2,(H,17,19)/t13-/m1/s1. The number of hydrogen-bond donors (Lipinski definition) is 1. The highest BCUT2D eigenvalue weighted by Crippen LogP contribution is 2.27. The third-order valence-corrected chi connectivity index (χ3v) is 7.27. The number of carbonyl (C=O) groups is 1. The zero-order chi connectivity index (χ0) is 14.5. The number of amides is 1. The van der Waals surface area contributed by atoms with Crippen molar-refractivity contribution in [1.82, 2.24) is 10.2 Å². The van der Waals surface area contributed by atoms with E-state index in [0.717, 1.165) is 24.8 Å². The lowest BCUT2D eigenvalue weighted by molar-refractivity contribution is -0.121. The second-order valence-corrected chi connectivity index (χ2v) is 8.99. The van der Waals surface area contributed by atoms with Gasteiger partial charge in [0.15, 0.2) is 0 Å². The first-order chi connectivity index (χ1) is 10.3. The lowest BCUT2D eigenvalue weighted by Crippen LogP contribution is -2.45. The van der Waals surface area contributed by atoms with Crippen LogP contribution in [0.15, 0.2) is 0 Å². The van der Waals surface area contributed by atoms with E-state index in [1.54, 1.807) is 0 Å². The van der Waals surface area contributed by atoms with Gasteiger partial charge in [-0.15, -0.1) is 0 Å². The second-order valence-electron chi connectivity index (χ2n) is 6.69. The molecule has 1 aliphatic carbocycles. The van der Waals surface area contributed by atoms with Crippen molar-refractivity contribution in [3.8, 4) is 0 Å². The minimum atomic E-state index is 0.287. The van der Waals surface area contributed by atoms with Gasteiger partial charge in [0.1, 0.15) is 0 Å². The third kappa shape index (κ3) is 5.36. The number of piperidine rings is 1. The Labute approximate surface area is 137 Å². The van der Waals surface area contributed by atoms with Gasteiger partial charge in [-0.05, 0) is 44.6 Å². The molecule has 2 aliphatic heterocycles. The number of carbonyl (C=O) groups excluding carboxylic acids is 1. The van der Waals surface area contributed by atoms with E-state index in [4.69, 9.17) is 0 Å². The summed E-state index contributed by atoms with van der Waals surface area (Å²) in [6.45, 7) is 2.50. The first-order valence-corrected chi connectivity index (χ1v) is 10.8. The molecule has 2 heterocycles. The van der Waals surface area contributed by atoms with E-state index in [-0.39, 0.29) is 5.91 Å². The summed E-state index contributed by atoms with van der Waals surface area (Å²) in [7, 11) is 0. The number of nitrogens with one attached hydrogen (secondary N) is 1. The van der Waals surface area contributed by atoms with Gasteiger partial charge in [0.05, 0.1) is 0 Å². The van der Waals surface area contributed by atoms with E-state index in [2.05, 4.69) is 33.7 Å². The summed E-state index contributed by atoms with van der Waals surface area (Å²) >= 11 is 4.25. The van der Waals surface area contributed by atoms with E-state index in [0.29, 0.717) is 6.04 Å². The molecule has 0 spiro atoms. The Kier molecular flexibility index (Phi) is 6.18. The van der Waals surface area contributed by atoms with Crippen LogP contribution in [0.1, 0.15) is 38.5 Å². The van der Waals surface area contributed by atoms with Gasteiger partial charge in [0, 0.05) is 48.1 Å². The largest absolute Gasteiger partial charge is 0.353 e. The van der Waals surface area contributed by atoms with Gasteiger partial charge < -0.3 is 5.32 Å². The SMILES string of the molecule is O=C(CC[C@H]1CCCN(C2CSCCSC2)C1)NC1CC1. The fourth-order valence-electron chi connectivity index (χ4n) is 3.34. The summed E-state index contributed by atoms with van der Waals surface area (Å²) in [5, 5.41) is 3.12. The minimum Gasteiger partial charge on any atom is -0.353 e. The summed E-state index contributed by atoms with van der Waals surface area (Å²) in [5.74, 6) is 6.28. The maximum absolute atomic E-state index is 11.8. The molecule has 0 aromatic rings. The number of likely N-dealkylation sites (tertiary alicyclic amines) is 1. The molecular formula is C16H28N2OS2. The van der Waals surface area contributed by atoms with Crippen LogP contribution in [0, 0.1) is 5.92 Å². The highest BCUT2D eigenvalue weighted by molar-refractivity contribution is 8.03. The van der Waals surface area contributed by atoms with E-state index < -0.39 is 0 Å². The van der Waals surface area contributed by atoms with E-state index >= 15 is 0 Å². The average molecular weight is 329 g/mol. The van der Waals surface area contributed by atoms with Gasteiger partial charge in [-0.3, -0.25) is 9.69 Å². The van der Waals surface area contributed by atoms with Gasteiger partial charge in [0.25, 0.3) is 0 Å². The van der Waals surface area contributed by atoms with Crippen molar-refractivity contribution in [2.24, 2.45) is 5.92 Å². The summed E-state index contributed by atoms with van der Waals surface area (Å²) in [5.41, 5.74) is 0. The topological polar surface area (TPSA) is 32.3 Å². The molecule has 1 saturated carbocycles. The second kappa shape index (κ2) is 8.11. The maximum Gasteiger partial charge on any atom is 0.220 e. The quantitative estimate of drug-likeness (QED) is 0.841. The smallest absolute Gasteiger partial charge is 0.220 e. The van der Waals surface area contributed by atoms with Gasteiger partial charge >= 0.3 is 0 Å². The molecule has 5 heteroatoms. The Hall–Kier alpha value is 0.130. The highest BCUT2D eigenvalue weighted by atomic mass is 32.2. The molecule has 3 fully saturated rings. The molecule has 1 atom stereocenters. The predicted octanol–water partition coefficient (Wildman–Crippen LogP) is 2.61. The molecule has 0 radical (unpaired) electrons. The Morgan fingerprint density at radius 3 is 2.62 bits per heavy atom. The lowest BCUT2D eigenvalue weighted by atomic mass is 9.92. The van der Waals surface area contributed by atoms with Crippen LogP contribution in [0.2, 0.25) is 0 Å². The predicted molar refractivity (Wildman–Crippen MR) is 93.1 cm³/mol. The molecule has 0 aromatic heterocycles. The van der Waals surface area contributed by atoms with Crippen LogP contribution in [-0.4, -0.2) is 59.0 Å². The number of thioether (sulfide) groups is 2. The lowest BCUT2D eigenvalue weighted by Gasteiger charge is -2.37. The Morgan fingerprint density at radius 2 is 1.90 bits per heavy atom. The van der Waals surface area contributed by atoms with Crippen LogP contribution in [0.3, 0.4) is 0 Å². The van der Waals surface area contributed by atoms with Crippen LogP contribution < -0.4 is 5.32 Å². The Balaban J connectivity index is 1.40. The Bertz CT molecular complexity index is 341. The third-order valence-electron chi connectivity index (χ3n) is 4.78. The molecule has 0 unspecified atom stereocenters. The monoisotopic (exact) mass is 328 g/mol. The fourth-order valence-corrected chi connectivity index (χ4v) is 5.97. The van der Waals surface area contributed by atoms with Gasteiger partial charge in [-0.25, -0.2) is 0 Å².